The van der Waals surface area contributed by atoms with Crippen molar-refractivity contribution in [2.75, 3.05) is 17.1 Å². The van der Waals surface area contributed by atoms with Crippen molar-refractivity contribution in [1.82, 2.24) is 25.5 Å². The summed E-state index contributed by atoms with van der Waals surface area (Å²) in [5.41, 5.74) is -0.439. The summed E-state index contributed by atoms with van der Waals surface area (Å²) in [6, 6.07) is 11.4. The Morgan fingerprint density at radius 3 is 2.46 bits per heavy atom. The van der Waals surface area contributed by atoms with Crippen molar-refractivity contribution in [3.05, 3.63) is 82.8 Å². The van der Waals surface area contributed by atoms with Crippen LogP contribution in [0.2, 0.25) is 0 Å². The fourth-order valence-corrected chi connectivity index (χ4v) is 6.05. The summed E-state index contributed by atoms with van der Waals surface area (Å²) >= 11 is 0. The summed E-state index contributed by atoms with van der Waals surface area (Å²) in [5.74, 6) is -3.64. The van der Waals surface area contributed by atoms with Gasteiger partial charge in [-0.2, -0.15) is 18.3 Å². The van der Waals surface area contributed by atoms with Crippen LogP contribution >= 0.6 is 0 Å². The lowest BCUT2D eigenvalue weighted by molar-refractivity contribution is -0.127. The Morgan fingerprint density at radius 2 is 1.76 bits per heavy atom. The number of hydrogen-bond donors (Lipinski definition) is 6. The highest BCUT2D eigenvalue weighted by Gasteiger charge is 2.31. The Hall–Kier alpha value is -5.45. The Morgan fingerprint density at radius 1 is 1.02 bits per heavy atom. The van der Waals surface area contributed by atoms with E-state index < -0.39 is 57.0 Å². The maximum absolute atomic E-state index is 14.4. The summed E-state index contributed by atoms with van der Waals surface area (Å²) in [6.07, 6.45) is -6.28. The smallest absolute Gasteiger partial charge is 0.393 e. The Kier molecular flexibility index (Phi) is 8.44. The SMILES string of the molecule is CNC(=O)c1[nH]nc2nc(-c3cc(F)c(O)cc3CC(F)(F)F)nc(NCc3cc(O)ccc3NS(=O)(=O)c3ccccc3C)c12. The van der Waals surface area contributed by atoms with Crippen molar-refractivity contribution < 1.29 is 41.0 Å². The average molecular weight is 660 g/mol. The Bertz CT molecular complexity index is 2080. The predicted molar refractivity (Wildman–Crippen MR) is 159 cm³/mol. The first-order valence-corrected chi connectivity index (χ1v) is 14.9. The number of aromatic amines is 1. The third-order valence-electron chi connectivity index (χ3n) is 6.83. The van der Waals surface area contributed by atoms with Gasteiger partial charge in [0.05, 0.1) is 22.4 Å². The molecule has 6 N–H and O–H groups in total. The summed E-state index contributed by atoms with van der Waals surface area (Å²) < 4.78 is 83.5. The number of amides is 1. The second-order valence-electron chi connectivity index (χ2n) is 10.1. The third kappa shape index (κ3) is 6.63. The van der Waals surface area contributed by atoms with Gasteiger partial charge in [-0.1, -0.05) is 18.2 Å². The molecule has 0 radical (unpaired) electrons. The maximum Gasteiger partial charge on any atom is 0.393 e. The van der Waals surface area contributed by atoms with Crippen molar-refractivity contribution in [2.24, 2.45) is 0 Å². The fourth-order valence-electron chi connectivity index (χ4n) is 4.70. The van der Waals surface area contributed by atoms with Crippen molar-refractivity contribution in [3.63, 3.8) is 0 Å². The molecule has 240 valence electrons. The highest BCUT2D eigenvalue weighted by atomic mass is 32.2. The van der Waals surface area contributed by atoms with E-state index in [0.29, 0.717) is 17.7 Å². The van der Waals surface area contributed by atoms with Gasteiger partial charge in [0, 0.05) is 19.2 Å². The second kappa shape index (κ2) is 12.2. The molecule has 0 fully saturated rings. The van der Waals surface area contributed by atoms with E-state index in [0.717, 1.165) is 0 Å². The van der Waals surface area contributed by atoms with Crippen LogP contribution in [-0.2, 0) is 23.0 Å². The van der Waals surface area contributed by atoms with E-state index in [2.05, 4.69) is 35.5 Å². The molecule has 2 aromatic heterocycles. The van der Waals surface area contributed by atoms with Crippen molar-refractivity contribution in [1.29, 1.82) is 0 Å². The summed E-state index contributed by atoms with van der Waals surface area (Å²) in [6.45, 7) is 1.38. The number of aromatic nitrogens is 4. The van der Waals surface area contributed by atoms with Crippen LogP contribution in [0, 0.1) is 12.7 Å². The van der Waals surface area contributed by atoms with E-state index in [1.54, 1.807) is 25.1 Å². The quantitative estimate of drug-likeness (QED) is 0.0961. The van der Waals surface area contributed by atoms with Gasteiger partial charge in [-0.3, -0.25) is 14.6 Å². The minimum atomic E-state index is -4.74. The van der Waals surface area contributed by atoms with Crippen molar-refractivity contribution in [2.45, 2.75) is 31.0 Å². The molecule has 0 aliphatic carbocycles. The molecule has 0 saturated carbocycles. The molecular formula is C29H25F4N7O5S. The number of sulfonamides is 1. The molecule has 5 aromatic rings. The molecule has 0 atom stereocenters. The number of aryl methyl sites for hydroxylation is 1. The molecular weight excluding hydrogens is 634 g/mol. The van der Waals surface area contributed by atoms with Crippen molar-refractivity contribution in [3.8, 4) is 22.9 Å². The standard InChI is InChI=1S/C29H25F4N7O5S/c1-14-5-3-4-6-22(14)46(44,45)40-20-8-7-17(41)9-16(20)13-35-26-23-24(28(43)34-2)38-39-27(23)37-25(36-26)18-11-19(30)21(42)10-15(18)12-29(31,32)33/h3-11,40-42H,12-13H2,1-2H3,(H,34,43)(H2,35,36,37,38,39). The number of phenolic OH excluding ortho intramolecular Hbond substituents is 2. The number of H-pyrrole nitrogens is 1. The third-order valence-corrected chi connectivity index (χ3v) is 8.36. The lowest BCUT2D eigenvalue weighted by atomic mass is 10.0. The van der Waals surface area contributed by atoms with Crippen LogP contribution in [0.1, 0.15) is 27.2 Å². The van der Waals surface area contributed by atoms with E-state index in [1.807, 2.05) is 0 Å². The number of nitrogens with one attached hydrogen (secondary N) is 4. The topological polar surface area (TPSA) is 182 Å². The number of carbonyl (C=O) groups is 1. The van der Waals surface area contributed by atoms with Crippen LogP contribution in [0.5, 0.6) is 11.5 Å². The zero-order chi connectivity index (χ0) is 33.4. The van der Waals surface area contributed by atoms with Gasteiger partial charge >= 0.3 is 6.18 Å². The van der Waals surface area contributed by atoms with Crippen LogP contribution < -0.4 is 15.4 Å². The summed E-state index contributed by atoms with van der Waals surface area (Å²) in [7, 11) is -2.73. The number of rotatable bonds is 9. The molecule has 5 rings (SSSR count). The van der Waals surface area contributed by atoms with Gasteiger partial charge in [-0.25, -0.2) is 22.8 Å². The van der Waals surface area contributed by atoms with Gasteiger partial charge < -0.3 is 20.8 Å². The van der Waals surface area contributed by atoms with Crippen LogP contribution in [0.4, 0.5) is 29.1 Å². The van der Waals surface area contributed by atoms with Crippen LogP contribution in [0.25, 0.3) is 22.4 Å². The number of benzene rings is 3. The molecule has 17 heteroatoms. The first-order valence-electron chi connectivity index (χ1n) is 13.4. The molecule has 12 nitrogen and oxygen atoms in total. The summed E-state index contributed by atoms with van der Waals surface area (Å²) in [5, 5.41) is 31.8. The number of anilines is 2. The van der Waals surface area contributed by atoms with Gasteiger partial charge in [0.25, 0.3) is 15.9 Å². The largest absolute Gasteiger partial charge is 0.508 e. The van der Waals surface area contributed by atoms with E-state index in [1.165, 1.54) is 31.3 Å². The minimum absolute atomic E-state index is 0.0157. The monoisotopic (exact) mass is 659 g/mol. The van der Waals surface area contributed by atoms with Crippen molar-refractivity contribution >= 4 is 38.5 Å². The highest BCUT2D eigenvalue weighted by Crippen LogP contribution is 2.35. The number of fused-ring (bicyclic) bond motifs is 1. The normalized spacial score (nSPS) is 11.9. The highest BCUT2D eigenvalue weighted by molar-refractivity contribution is 7.92. The van der Waals surface area contributed by atoms with Gasteiger partial charge in [0.2, 0.25) is 0 Å². The molecule has 46 heavy (non-hydrogen) atoms. The van der Waals surface area contributed by atoms with Gasteiger partial charge in [-0.05, 0) is 60.0 Å². The Balaban J connectivity index is 1.60. The van der Waals surface area contributed by atoms with E-state index in [9.17, 15) is 41.0 Å². The number of hydrogen-bond acceptors (Lipinski definition) is 9. The average Bonchev–Trinajstić information content (AvgIpc) is 3.42. The minimum Gasteiger partial charge on any atom is -0.508 e. The number of phenols is 2. The lowest BCUT2D eigenvalue weighted by Crippen LogP contribution is -2.19. The molecule has 1 amide bonds. The fraction of sp³-hybridized carbons (Fsp3) is 0.172. The number of alkyl halides is 3. The molecule has 0 aliphatic heterocycles. The number of carbonyl (C=O) groups excluding carboxylic acids is 1. The second-order valence-corrected chi connectivity index (χ2v) is 11.7. The zero-order valence-corrected chi connectivity index (χ0v) is 24.8. The Labute approximate surface area is 258 Å². The number of halogens is 4. The van der Waals surface area contributed by atoms with Crippen LogP contribution in [0.15, 0.2) is 59.5 Å². The number of aromatic hydroxyl groups is 2. The van der Waals surface area contributed by atoms with E-state index in [4.69, 9.17) is 0 Å². The predicted octanol–water partition coefficient (Wildman–Crippen LogP) is 4.76. The van der Waals surface area contributed by atoms with Gasteiger partial charge in [-0.15, -0.1) is 0 Å². The molecule has 0 bridgehead atoms. The van der Waals surface area contributed by atoms with E-state index in [-0.39, 0.29) is 51.0 Å². The van der Waals surface area contributed by atoms with E-state index >= 15 is 0 Å². The first kappa shape index (κ1) is 32.0. The summed E-state index contributed by atoms with van der Waals surface area (Å²) in [4.78, 5) is 21.1. The molecule has 0 saturated heterocycles. The van der Waals surface area contributed by atoms with Crippen LogP contribution in [-0.4, -0.2) is 57.9 Å². The first-order chi connectivity index (χ1) is 21.7. The molecule has 2 heterocycles. The molecule has 0 spiro atoms. The lowest BCUT2D eigenvalue weighted by Gasteiger charge is -2.16. The molecule has 0 unspecified atom stereocenters. The van der Waals surface area contributed by atoms with Gasteiger partial charge in [0.1, 0.15) is 17.3 Å². The molecule has 0 aliphatic rings. The van der Waals surface area contributed by atoms with Gasteiger partial charge in [0.15, 0.2) is 23.0 Å². The zero-order valence-electron chi connectivity index (χ0n) is 24.0. The number of nitrogens with zero attached hydrogens (tertiary/aromatic N) is 3. The maximum atomic E-state index is 14.4. The van der Waals surface area contributed by atoms with Crippen LogP contribution in [0.3, 0.4) is 0 Å². The molecule has 3 aromatic carbocycles.